The highest BCUT2D eigenvalue weighted by Crippen LogP contribution is 2.38. The minimum absolute atomic E-state index is 0. The number of amides is 2. The highest BCUT2D eigenvalue weighted by Gasteiger charge is 2.32. The number of anilines is 1. The van der Waals surface area contributed by atoms with Gasteiger partial charge in [0, 0.05) is 12.1 Å². The van der Waals surface area contributed by atoms with E-state index in [1.54, 1.807) is 6.07 Å². The Morgan fingerprint density at radius 3 is 2.39 bits per heavy atom. The first kappa shape index (κ1) is 19.7. The number of benzene rings is 1. The maximum atomic E-state index is 12.3. The number of nitrogens with one attached hydrogen (secondary N) is 1. The zero-order valence-corrected chi connectivity index (χ0v) is 14.5. The molecule has 1 aliphatic carbocycles. The summed E-state index contributed by atoms with van der Waals surface area (Å²) in [6, 6.07) is 4.68. The van der Waals surface area contributed by atoms with Crippen molar-refractivity contribution in [2.75, 3.05) is 11.9 Å². The van der Waals surface area contributed by atoms with Crippen LogP contribution in [0.25, 0.3) is 0 Å². The van der Waals surface area contributed by atoms with Crippen LogP contribution in [0.3, 0.4) is 0 Å². The van der Waals surface area contributed by atoms with Gasteiger partial charge in [-0.25, -0.2) is 0 Å². The van der Waals surface area contributed by atoms with Gasteiger partial charge in [-0.05, 0) is 43.0 Å². The molecular weight excluding hydrogens is 337 g/mol. The monoisotopic (exact) mass is 359 g/mol. The number of carbonyl (C=O) groups excluding carboxylic acids is 2. The minimum atomic E-state index is -0.591. The summed E-state index contributed by atoms with van der Waals surface area (Å²) in [4.78, 5) is 23.4. The van der Waals surface area contributed by atoms with Gasteiger partial charge in [-0.2, -0.15) is 0 Å². The van der Waals surface area contributed by atoms with E-state index in [2.05, 4.69) is 5.32 Å². The molecule has 1 fully saturated rings. The summed E-state index contributed by atoms with van der Waals surface area (Å²) >= 11 is 5.98. The average molecular weight is 360 g/mol. The lowest BCUT2D eigenvalue weighted by Gasteiger charge is -2.35. The molecule has 2 amide bonds. The molecule has 1 aromatic rings. The summed E-state index contributed by atoms with van der Waals surface area (Å²) in [7, 11) is 0. The smallest absolute Gasteiger partial charge is 0.250 e. The van der Waals surface area contributed by atoms with Gasteiger partial charge in [0.15, 0.2) is 0 Å². The molecule has 2 rings (SSSR count). The van der Waals surface area contributed by atoms with Gasteiger partial charge in [0.1, 0.15) is 0 Å². The lowest BCUT2D eigenvalue weighted by Crippen LogP contribution is -2.36. The number of primary amides is 1. The van der Waals surface area contributed by atoms with E-state index >= 15 is 0 Å². The van der Waals surface area contributed by atoms with E-state index in [0.717, 1.165) is 25.7 Å². The Hall–Kier alpha value is -1.30. The molecule has 23 heavy (non-hydrogen) atoms. The zero-order chi connectivity index (χ0) is 16.2. The molecular formula is C16H23Cl2N3O2. The van der Waals surface area contributed by atoms with E-state index in [9.17, 15) is 9.59 Å². The first-order valence-corrected chi connectivity index (χ1v) is 7.93. The molecule has 0 spiro atoms. The van der Waals surface area contributed by atoms with E-state index < -0.39 is 5.91 Å². The molecule has 0 aliphatic heterocycles. The van der Waals surface area contributed by atoms with Gasteiger partial charge in [0.2, 0.25) is 11.8 Å². The lowest BCUT2D eigenvalue weighted by atomic mass is 9.71. The summed E-state index contributed by atoms with van der Waals surface area (Å²) in [6.45, 7) is 0.530. The summed E-state index contributed by atoms with van der Waals surface area (Å²) in [5.74, 6) is -0.664. The van der Waals surface area contributed by atoms with Crippen molar-refractivity contribution in [2.24, 2.45) is 16.9 Å². The first-order chi connectivity index (χ1) is 10.5. The Labute approximate surface area is 147 Å². The quantitative estimate of drug-likeness (QED) is 0.752. The molecule has 1 saturated carbocycles. The van der Waals surface area contributed by atoms with Crippen molar-refractivity contribution in [1.29, 1.82) is 0 Å². The van der Waals surface area contributed by atoms with Crippen LogP contribution in [-0.4, -0.2) is 18.4 Å². The second kappa shape index (κ2) is 8.52. The van der Waals surface area contributed by atoms with Crippen LogP contribution in [0, 0.1) is 5.41 Å². The molecule has 5 nitrogen and oxygen atoms in total. The van der Waals surface area contributed by atoms with Crippen LogP contribution in [0.2, 0.25) is 5.02 Å². The van der Waals surface area contributed by atoms with Crippen LogP contribution in [0.15, 0.2) is 18.2 Å². The number of hydrogen-bond donors (Lipinski definition) is 3. The summed E-state index contributed by atoms with van der Waals surface area (Å²) in [5, 5.41) is 3.06. The number of halogens is 2. The fourth-order valence-corrected chi connectivity index (χ4v) is 3.37. The average Bonchev–Trinajstić information content (AvgIpc) is 2.47. The number of carbonyl (C=O) groups is 2. The third kappa shape index (κ3) is 5.09. The second-order valence-electron chi connectivity index (χ2n) is 6.05. The number of rotatable bonds is 5. The maximum Gasteiger partial charge on any atom is 0.250 e. The van der Waals surface area contributed by atoms with Gasteiger partial charge in [0.05, 0.1) is 10.6 Å². The molecule has 0 saturated heterocycles. The molecule has 0 heterocycles. The van der Waals surface area contributed by atoms with Gasteiger partial charge in [0.25, 0.3) is 0 Å². The van der Waals surface area contributed by atoms with Crippen molar-refractivity contribution in [3.8, 4) is 0 Å². The zero-order valence-electron chi connectivity index (χ0n) is 12.9. The van der Waals surface area contributed by atoms with E-state index in [4.69, 9.17) is 23.1 Å². The molecule has 0 unspecified atom stereocenters. The standard InChI is InChI=1S/C16H22ClN3O2.ClH/c17-13-8-11(4-5-12(13)15(19)22)20-14(21)9-16(10-18)6-2-1-3-7-16;/h4-5,8H,1-3,6-7,9-10,18H2,(H2,19,22)(H,20,21);1H. The summed E-state index contributed by atoms with van der Waals surface area (Å²) in [6.07, 6.45) is 5.88. The van der Waals surface area contributed by atoms with Crippen molar-refractivity contribution in [3.05, 3.63) is 28.8 Å². The molecule has 0 atom stereocenters. The molecule has 1 aliphatic rings. The fraction of sp³-hybridized carbons (Fsp3) is 0.500. The number of nitrogens with two attached hydrogens (primary N) is 2. The van der Waals surface area contributed by atoms with Gasteiger partial charge in [-0.15, -0.1) is 12.4 Å². The predicted molar refractivity (Wildman–Crippen MR) is 95.0 cm³/mol. The molecule has 128 valence electrons. The van der Waals surface area contributed by atoms with E-state index in [1.807, 2.05) is 0 Å². The molecule has 1 aromatic carbocycles. The largest absolute Gasteiger partial charge is 0.366 e. The number of hydrogen-bond acceptors (Lipinski definition) is 3. The third-order valence-electron chi connectivity index (χ3n) is 4.40. The van der Waals surface area contributed by atoms with Gasteiger partial charge < -0.3 is 16.8 Å². The van der Waals surface area contributed by atoms with Gasteiger partial charge in [-0.3, -0.25) is 9.59 Å². The Morgan fingerprint density at radius 1 is 1.22 bits per heavy atom. The van der Waals surface area contributed by atoms with E-state index in [-0.39, 0.29) is 34.3 Å². The topological polar surface area (TPSA) is 98.2 Å². The first-order valence-electron chi connectivity index (χ1n) is 7.55. The van der Waals surface area contributed by atoms with E-state index in [0.29, 0.717) is 18.7 Å². The van der Waals surface area contributed by atoms with Gasteiger partial charge >= 0.3 is 0 Å². The van der Waals surface area contributed by atoms with Crippen LogP contribution < -0.4 is 16.8 Å². The second-order valence-corrected chi connectivity index (χ2v) is 6.46. The molecule has 0 aromatic heterocycles. The van der Waals surface area contributed by atoms with Crippen LogP contribution in [0.4, 0.5) is 5.69 Å². The minimum Gasteiger partial charge on any atom is -0.366 e. The summed E-state index contributed by atoms with van der Waals surface area (Å²) < 4.78 is 0. The van der Waals surface area contributed by atoms with Crippen LogP contribution in [-0.2, 0) is 4.79 Å². The maximum absolute atomic E-state index is 12.3. The third-order valence-corrected chi connectivity index (χ3v) is 4.71. The Morgan fingerprint density at radius 2 is 1.87 bits per heavy atom. The normalized spacial score (nSPS) is 16.3. The fourth-order valence-electron chi connectivity index (χ4n) is 3.09. The molecule has 5 N–H and O–H groups in total. The molecule has 7 heteroatoms. The van der Waals surface area contributed by atoms with Crippen molar-refractivity contribution in [1.82, 2.24) is 0 Å². The van der Waals surface area contributed by atoms with Crippen molar-refractivity contribution >= 4 is 41.5 Å². The Kier molecular flexibility index (Phi) is 7.32. The van der Waals surface area contributed by atoms with Crippen LogP contribution in [0.5, 0.6) is 0 Å². The molecule has 0 radical (unpaired) electrons. The van der Waals surface area contributed by atoms with Crippen LogP contribution in [0.1, 0.15) is 48.9 Å². The SMILES string of the molecule is Cl.NCC1(CC(=O)Nc2ccc(C(N)=O)c(Cl)c2)CCCCC1. The highest BCUT2D eigenvalue weighted by atomic mass is 35.5. The lowest BCUT2D eigenvalue weighted by molar-refractivity contribution is -0.118. The summed E-state index contributed by atoms with van der Waals surface area (Å²) in [5.41, 5.74) is 11.8. The Bertz CT molecular complexity index is 572. The van der Waals surface area contributed by atoms with Crippen molar-refractivity contribution in [3.63, 3.8) is 0 Å². The highest BCUT2D eigenvalue weighted by molar-refractivity contribution is 6.34. The van der Waals surface area contributed by atoms with Crippen molar-refractivity contribution in [2.45, 2.75) is 38.5 Å². The Balaban J connectivity index is 0.00000264. The van der Waals surface area contributed by atoms with E-state index in [1.165, 1.54) is 18.6 Å². The van der Waals surface area contributed by atoms with Gasteiger partial charge in [-0.1, -0.05) is 30.9 Å². The predicted octanol–water partition coefficient (Wildman–Crippen LogP) is 3.10. The molecule has 0 bridgehead atoms. The van der Waals surface area contributed by atoms with Crippen molar-refractivity contribution < 1.29 is 9.59 Å². The van der Waals surface area contributed by atoms with Crippen LogP contribution >= 0.6 is 24.0 Å².